The summed E-state index contributed by atoms with van der Waals surface area (Å²) in [4.78, 5) is 72.5. The number of rotatable bonds is 74. The number of carbonyl (C=O) groups is 4. The summed E-state index contributed by atoms with van der Waals surface area (Å²) in [5.74, 6) is -1.40. The minimum absolute atomic E-state index is 0.105. The third-order valence-electron chi connectivity index (χ3n) is 17.3. The highest BCUT2D eigenvalue weighted by Gasteiger charge is 2.30. The molecule has 552 valence electrons. The molecule has 0 rings (SSSR count). The van der Waals surface area contributed by atoms with Crippen molar-refractivity contribution in [1.29, 1.82) is 0 Å². The summed E-state index contributed by atoms with van der Waals surface area (Å²) in [5, 5.41) is 10.6. The van der Waals surface area contributed by atoms with Crippen LogP contribution in [0.25, 0.3) is 0 Å². The van der Waals surface area contributed by atoms with Gasteiger partial charge in [-0.2, -0.15) is 0 Å². The zero-order valence-corrected chi connectivity index (χ0v) is 62.2. The Hall–Kier alpha value is -1.94. The monoisotopic (exact) mass is 1370 g/mol. The predicted molar refractivity (Wildman–Crippen MR) is 377 cm³/mol. The number of hydrogen-bond donors (Lipinski definition) is 3. The summed E-state index contributed by atoms with van der Waals surface area (Å²) in [5.41, 5.74) is 0. The molecule has 0 fully saturated rings. The van der Waals surface area contributed by atoms with Crippen LogP contribution < -0.4 is 0 Å². The molecule has 0 aliphatic rings. The van der Waals surface area contributed by atoms with E-state index in [2.05, 4.69) is 34.6 Å². The van der Waals surface area contributed by atoms with Crippen LogP contribution in [-0.2, 0) is 65.4 Å². The Balaban J connectivity index is 5.14. The second kappa shape index (κ2) is 67.3. The molecular weight excluding hydrogens is 1220 g/mol. The lowest BCUT2D eigenvalue weighted by Crippen LogP contribution is -2.30. The molecule has 0 bridgehead atoms. The molecular formula is C74H144O17P2. The van der Waals surface area contributed by atoms with Gasteiger partial charge in [-0.15, -0.1) is 0 Å². The maximum Gasteiger partial charge on any atom is 0.472 e. The number of carbonyl (C=O) groups excluding carboxylic acids is 4. The highest BCUT2D eigenvalue weighted by molar-refractivity contribution is 7.47. The quantitative estimate of drug-likeness (QED) is 0.0222. The van der Waals surface area contributed by atoms with Gasteiger partial charge >= 0.3 is 39.5 Å². The van der Waals surface area contributed by atoms with Crippen LogP contribution >= 0.6 is 15.6 Å². The SMILES string of the molecule is CCCCCCCCCCCCCCCCCCCCCCCCC(=O)O[C@H](COC(=O)CCCCCCCCCCCCCC)COP(=O)(O)OC[C@@H](O)COP(=O)(O)OC[C@@H](COC(=O)CCCCCCCCCC)OC(=O)CCCCCCCCCCC(C)C. The fraction of sp³-hybridized carbons (Fsp3) is 0.946. The first-order chi connectivity index (χ1) is 45.0. The van der Waals surface area contributed by atoms with Gasteiger partial charge in [0, 0.05) is 25.7 Å². The molecule has 17 nitrogen and oxygen atoms in total. The van der Waals surface area contributed by atoms with E-state index < -0.39 is 97.5 Å². The van der Waals surface area contributed by atoms with E-state index in [4.69, 9.17) is 37.0 Å². The topological polar surface area (TPSA) is 237 Å². The van der Waals surface area contributed by atoms with Crippen molar-refractivity contribution < 1.29 is 80.2 Å². The lowest BCUT2D eigenvalue weighted by molar-refractivity contribution is -0.161. The van der Waals surface area contributed by atoms with Crippen LogP contribution in [0.15, 0.2) is 0 Å². The standard InChI is InChI=1S/C74H144O17P2/c1-6-9-12-15-18-21-23-25-26-27-28-29-30-31-32-33-34-36-38-44-49-54-59-73(78)90-70(64-85-72(77)58-53-48-43-37-35-24-22-19-16-13-10-7-2)66-89-93(82,83)87-62-68(75)61-86-92(80,81)88-65-69(63-84-71(76)57-52-47-42-20-17-14-11-8-3)91-74(79)60-55-50-45-40-39-41-46-51-56-67(4)5/h67-70,75H,6-66H2,1-5H3,(H,80,81)(H,82,83)/t68-,69+,70+/m0/s1. The fourth-order valence-electron chi connectivity index (χ4n) is 11.4. The van der Waals surface area contributed by atoms with E-state index in [1.807, 2.05) is 0 Å². The third kappa shape index (κ3) is 68.4. The number of esters is 4. The fourth-order valence-corrected chi connectivity index (χ4v) is 12.9. The number of phosphoric acid groups is 2. The van der Waals surface area contributed by atoms with Gasteiger partial charge in [0.05, 0.1) is 26.4 Å². The molecule has 0 radical (unpaired) electrons. The molecule has 0 amide bonds. The predicted octanol–water partition coefficient (Wildman–Crippen LogP) is 21.7. The number of phosphoric ester groups is 2. The molecule has 0 aromatic rings. The van der Waals surface area contributed by atoms with Gasteiger partial charge in [0.2, 0.25) is 0 Å². The van der Waals surface area contributed by atoms with Crippen molar-refractivity contribution in [3.05, 3.63) is 0 Å². The molecule has 0 aromatic heterocycles. The van der Waals surface area contributed by atoms with Gasteiger partial charge in [-0.25, -0.2) is 9.13 Å². The van der Waals surface area contributed by atoms with Gasteiger partial charge in [-0.05, 0) is 31.6 Å². The molecule has 0 aliphatic carbocycles. The van der Waals surface area contributed by atoms with E-state index in [0.29, 0.717) is 25.7 Å². The molecule has 0 spiro atoms. The summed E-state index contributed by atoms with van der Waals surface area (Å²) >= 11 is 0. The normalized spacial score (nSPS) is 14.0. The molecule has 0 aliphatic heterocycles. The zero-order chi connectivity index (χ0) is 68.4. The van der Waals surface area contributed by atoms with Crippen LogP contribution in [0.4, 0.5) is 0 Å². The van der Waals surface area contributed by atoms with Gasteiger partial charge in [0.25, 0.3) is 0 Å². The summed E-state index contributed by atoms with van der Waals surface area (Å²) in [6, 6.07) is 0. The first kappa shape index (κ1) is 91.1. The van der Waals surface area contributed by atoms with Crippen LogP contribution in [0.3, 0.4) is 0 Å². The number of aliphatic hydroxyl groups excluding tert-OH is 1. The number of hydrogen-bond acceptors (Lipinski definition) is 15. The molecule has 19 heteroatoms. The molecule has 93 heavy (non-hydrogen) atoms. The van der Waals surface area contributed by atoms with Gasteiger partial charge in [0.15, 0.2) is 12.2 Å². The average molecular weight is 1370 g/mol. The number of aliphatic hydroxyl groups is 1. The van der Waals surface area contributed by atoms with Crippen LogP contribution in [0.1, 0.15) is 388 Å². The Labute approximate surface area is 568 Å². The Kier molecular flexibility index (Phi) is 65.9. The molecule has 3 N–H and O–H groups in total. The average Bonchev–Trinajstić information content (AvgIpc) is 3.73. The van der Waals surface area contributed by atoms with Gasteiger partial charge in [-0.3, -0.25) is 37.3 Å². The Bertz CT molecular complexity index is 1790. The maximum absolute atomic E-state index is 13.1. The number of unbranched alkanes of at least 4 members (excludes halogenated alkanes) is 46. The molecule has 0 aromatic carbocycles. The van der Waals surface area contributed by atoms with E-state index in [-0.39, 0.29) is 25.7 Å². The Morgan fingerprint density at radius 2 is 0.495 bits per heavy atom. The second-order valence-corrected chi connectivity index (χ2v) is 30.1. The minimum Gasteiger partial charge on any atom is -0.462 e. The van der Waals surface area contributed by atoms with E-state index >= 15 is 0 Å². The van der Waals surface area contributed by atoms with Crippen molar-refractivity contribution in [2.24, 2.45) is 5.92 Å². The van der Waals surface area contributed by atoms with Crippen molar-refractivity contribution in [2.75, 3.05) is 39.6 Å². The first-order valence-corrected chi connectivity index (χ1v) is 41.6. The van der Waals surface area contributed by atoms with Crippen LogP contribution in [0.2, 0.25) is 0 Å². The minimum atomic E-state index is -4.95. The molecule has 0 saturated heterocycles. The molecule has 5 atom stereocenters. The van der Waals surface area contributed by atoms with E-state index in [0.717, 1.165) is 102 Å². The highest BCUT2D eigenvalue weighted by atomic mass is 31.2. The highest BCUT2D eigenvalue weighted by Crippen LogP contribution is 2.45. The summed E-state index contributed by atoms with van der Waals surface area (Å²) in [6.07, 6.45) is 55.8. The molecule has 0 saturated carbocycles. The van der Waals surface area contributed by atoms with Crippen LogP contribution in [-0.4, -0.2) is 96.7 Å². The van der Waals surface area contributed by atoms with Crippen molar-refractivity contribution in [2.45, 2.75) is 406 Å². The molecule has 2 unspecified atom stereocenters. The first-order valence-electron chi connectivity index (χ1n) is 38.6. The van der Waals surface area contributed by atoms with Crippen LogP contribution in [0.5, 0.6) is 0 Å². The van der Waals surface area contributed by atoms with Crippen molar-refractivity contribution in [3.63, 3.8) is 0 Å². The van der Waals surface area contributed by atoms with Crippen molar-refractivity contribution >= 4 is 39.5 Å². The third-order valence-corrected chi connectivity index (χ3v) is 19.2. The largest absolute Gasteiger partial charge is 0.472 e. The van der Waals surface area contributed by atoms with E-state index in [1.165, 1.54) is 205 Å². The van der Waals surface area contributed by atoms with E-state index in [1.54, 1.807) is 0 Å². The Morgan fingerprint density at radius 3 is 0.731 bits per heavy atom. The van der Waals surface area contributed by atoms with Crippen molar-refractivity contribution in [3.8, 4) is 0 Å². The van der Waals surface area contributed by atoms with Gasteiger partial charge < -0.3 is 33.8 Å². The number of ether oxygens (including phenoxy) is 4. The van der Waals surface area contributed by atoms with Gasteiger partial charge in [0.1, 0.15) is 19.3 Å². The van der Waals surface area contributed by atoms with Crippen LogP contribution in [0, 0.1) is 5.92 Å². The second-order valence-electron chi connectivity index (χ2n) is 27.2. The van der Waals surface area contributed by atoms with E-state index in [9.17, 15) is 43.2 Å². The summed E-state index contributed by atoms with van der Waals surface area (Å²) in [6.45, 7) is 7.20. The lowest BCUT2D eigenvalue weighted by Gasteiger charge is -2.21. The summed E-state index contributed by atoms with van der Waals surface area (Å²) < 4.78 is 68.3. The molecule has 0 heterocycles. The van der Waals surface area contributed by atoms with Crippen molar-refractivity contribution in [1.82, 2.24) is 0 Å². The van der Waals surface area contributed by atoms with Gasteiger partial charge in [-0.1, -0.05) is 336 Å². The zero-order valence-electron chi connectivity index (χ0n) is 60.4. The smallest absolute Gasteiger partial charge is 0.462 e. The lowest BCUT2D eigenvalue weighted by atomic mass is 10.0. The Morgan fingerprint density at radius 1 is 0.290 bits per heavy atom. The maximum atomic E-state index is 13.1. The summed E-state index contributed by atoms with van der Waals surface area (Å²) in [7, 11) is -9.90.